The summed E-state index contributed by atoms with van der Waals surface area (Å²) in [5.74, 6) is 1.36. The molecular formula is C26H33Cl2N3O4. The van der Waals surface area contributed by atoms with Crippen molar-refractivity contribution in [3.8, 4) is 5.75 Å². The molecule has 0 bridgehead atoms. The van der Waals surface area contributed by atoms with E-state index in [-0.39, 0.29) is 6.03 Å². The Labute approximate surface area is 216 Å². The van der Waals surface area contributed by atoms with E-state index in [1.54, 1.807) is 30.2 Å². The highest BCUT2D eigenvalue weighted by Crippen LogP contribution is 2.32. The number of nitrogens with zero attached hydrogens (tertiary/aromatic N) is 2. The Morgan fingerprint density at radius 3 is 2.34 bits per heavy atom. The van der Waals surface area contributed by atoms with Gasteiger partial charge in [0.05, 0.1) is 28.9 Å². The van der Waals surface area contributed by atoms with Gasteiger partial charge in [-0.15, -0.1) is 0 Å². The summed E-state index contributed by atoms with van der Waals surface area (Å²) in [5.41, 5.74) is 0.673. The van der Waals surface area contributed by atoms with Crippen molar-refractivity contribution in [1.29, 1.82) is 0 Å². The Bertz CT molecular complexity index is 1000. The molecule has 0 aliphatic carbocycles. The summed E-state index contributed by atoms with van der Waals surface area (Å²) in [4.78, 5) is 16.5. The van der Waals surface area contributed by atoms with Crippen LogP contribution in [0, 0.1) is 0 Å². The number of nitrogens with one attached hydrogen (secondary N) is 1. The second-order valence-corrected chi connectivity index (χ2v) is 10.3. The molecule has 2 heterocycles. The highest BCUT2D eigenvalue weighted by atomic mass is 35.5. The van der Waals surface area contributed by atoms with Gasteiger partial charge < -0.3 is 30.1 Å². The van der Waals surface area contributed by atoms with Gasteiger partial charge in [0.2, 0.25) is 0 Å². The highest BCUT2D eigenvalue weighted by molar-refractivity contribution is 6.42. The van der Waals surface area contributed by atoms with Crippen molar-refractivity contribution in [2.24, 2.45) is 0 Å². The Morgan fingerprint density at radius 2 is 1.74 bits per heavy atom. The van der Waals surface area contributed by atoms with Gasteiger partial charge in [0.15, 0.2) is 0 Å². The number of benzene rings is 2. The van der Waals surface area contributed by atoms with Crippen molar-refractivity contribution in [2.45, 2.75) is 43.3 Å². The Morgan fingerprint density at radius 1 is 1.09 bits per heavy atom. The molecule has 190 valence electrons. The van der Waals surface area contributed by atoms with Gasteiger partial charge in [0.1, 0.15) is 5.75 Å². The Balaban J connectivity index is 1.23. The molecule has 1 atom stereocenters. The molecule has 2 aromatic rings. The first-order chi connectivity index (χ1) is 16.8. The van der Waals surface area contributed by atoms with Crippen LogP contribution in [0.4, 0.5) is 10.5 Å². The molecule has 0 saturated carbocycles. The smallest absolute Gasteiger partial charge is 0.321 e. The number of ether oxygens (including phenoxy) is 1. The number of halogens is 2. The molecule has 2 saturated heterocycles. The predicted molar refractivity (Wildman–Crippen MR) is 139 cm³/mol. The fraction of sp³-hybridized carbons (Fsp3) is 0.500. The number of aliphatic hydroxyl groups is 2. The number of carbonyl (C=O) groups is 1. The zero-order chi connectivity index (χ0) is 25.0. The lowest BCUT2D eigenvalue weighted by Crippen LogP contribution is -2.56. The van der Waals surface area contributed by atoms with Gasteiger partial charge in [-0.1, -0.05) is 35.3 Å². The van der Waals surface area contributed by atoms with E-state index in [2.05, 4.69) is 22.3 Å². The molecule has 9 heteroatoms. The van der Waals surface area contributed by atoms with Crippen molar-refractivity contribution in [1.82, 2.24) is 9.80 Å². The van der Waals surface area contributed by atoms with Crippen LogP contribution in [-0.2, 0) is 0 Å². The van der Waals surface area contributed by atoms with Crippen LogP contribution < -0.4 is 10.1 Å². The first kappa shape index (κ1) is 26.0. The standard InChI is InChI=1S/C26H33Cl2N3O4/c1-35-21-5-2-18(3-6-21)19-8-12-30(13-9-19)17-24(32)26(34)10-14-31(15-11-26)25(33)29-20-4-7-22(27)23(28)16-20/h2-7,16,19,24,32,34H,8-15,17H2,1H3,(H,29,33). The predicted octanol–water partition coefficient (Wildman–Crippen LogP) is 4.60. The minimum atomic E-state index is -1.20. The van der Waals surface area contributed by atoms with Crippen molar-refractivity contribution in [3.63, 3.8) is 0 Å². The molecule has 2 aliphatic rings. The second-order valence-electron chi connectivity index (χ2n) is 9.51. The van der Waals surface area contributed by atoms with Gasteiger partial charge in [-0.05, 0) is 80.6 Å². The number of piperidine rings is 2. The molecule has 0 radical (unpaired) electrons. The number of carbonyl (C=O) groups excluding carboxylic acids is 1. The van der Waals surface area contributed by atoms with Gasteiger partial charge >= 0.3 is 6.03 Å². The monoisotopic (exact) mass is 521 g/mol. The summed E-state index contributed by atoms with van der Waals surface area (Å²) in [6.45, 7) is 2.91. The summed E-state index contributed by atoms with van der Waals surface area (Å²) >= 11 is 11.9. The van der Waals surface area contributed by atoms with Crippen molar-refractivity contribution in [3.05, 3.63) is 58.1 Å². The van der Waals surface area contributed by atoms with Crippen LogP contribution in [0.2, 0.25) is 10.0 Å². The molecule has 7 nitrogen and oxygen atoms in total. The summed E-state index contributed by atoms with van der Waals surface area (Å²) in [6.07, 6.45) is 1.82. The molecule has 2 aliphatic heterocycles. The fourth-order valence-corrected chi connectivity index (χ4v) is 5.24. The lowest BCUT2D eigenvalue weighted by atomic mass is 9.84. The van der Waals surface area contributed by atoms with Gasteiger partial charge in [0, 0.05) is 25.3 Å². The highest BCUT2D eigenvalue weighted by Gasteiger charge is 2.41. The quantitative estimate of drug-likeness (QED) is 0.517. The summed E-state index contributed by atoms with van der Waals surface area (Å²) in [7, 11) is 1.67. The number of amides is 2. The van der Waals surface area contributed by atoms with E-state index in [9.17, 15) is 15.0 Å². The van der Waals surface area contributed by atoms with Crippen molar-refractivity contribution in [2.75, 3.05) is 45.2 Å². The molecule has 2 fully saturated rings. The summed E-state index contributed by atoms with van der Waals surface area (Å²) in [5, 5.41) is 25.6. The zero-order valence-corrected chi connectivity index (χ0v) is 21.4. The third-order valence-corrected chi connectivity index (χ3v) is 8.05. The van der Waals surface area contributed by atoms with Crippen LogP contribution in [0.1, 0.15) is 37.2 Å². The maximum absolute atomic E-state index is 12.6. The average molecular weight is 522 g/mol. The Kier molecular flexibility index (Phi) is 8.45. The van der Waals surface area contributed by atoms with E-state index >= 15 is 0 Å². The number of rotatable bonds is 6. The number of methoxy groups -OCH3 is 1. The fourth-order valence-electron chi connectivity index (χ4n) is 4.95. The lowest BCUT2D eigenvalue weighted by molar-refractivity contribution is -0.113. The molecule has 2 aromatic carbocycles. The van der Waals surface area contributed by atoms with Crippen LogP contribution in [0.3, 0.4) is 0 Å². The van der Waals surface area contributed by atoms with Crippen molar-refractivity contribution >= 4 is 34.9 Å². The molecule has 35 heavy (non-hydrogen) atoms. The number of likely N-dealkylation sites (tertiary alicyclic amines) is 2. The van der Waals surface area contributed by atoms with Crippen molar-refractivity contribution < 1.29 is 19.7 Å². The number of anilines is 1. The number of aliphatic hydroxyl groups excluding tert-OH is 1. The molecule has 1 unspecified atom stereocenters. The number of β-amino-alcohol motifs (C(OH)–C–C–N with tert-alkyl or cyclic N) is 1. The third-order valence-electron chi connectivity index (χ3n) is 7.31. The van der Waals surface area contributed by atoms with E-state index in [0.717, 1.165) is 31.7 Å². The zero-order valence-electron chi connectivity index (χ0n) is 19.9. The lowest BCUT2D eigenvalue weighted by Gasteiger charge is -2.43. The maximum Gasteiger partial charge on any atom is 0.321 e. The molecule has 3 N–H and O–H groups in total. The SMILES string of the molecule is COc1ccc(C2CCN(CC(O)C3(O)CCN(C(=O)Nc4ccc(Cl)c(Cl)c4)CC3)CC2)cc1. The largest absolute Gasteiger partial charge is 0.497 e. The minimum Gasteiger partial charge on any atom is -0.497 e. The van der Waals surface area contributed by atoms with Gasteiger partial charge in [0.25, 0.3) is 0 Å². The van der Waals surface area contributed by atoms with Crippen LogP contribution in [0.15, 0.2) is 42.5 Å². The minimum absolute atomic E-state index is 0.263. The molecule has 0 aromatic heterocycles. The normalized spacial score (nSPS) is 19.9. The van der Waals surface area contributed by atoms with Crippen LogP contribution >= 0.6 is 23.2 Å². The molecule has 0 spiro atoms. The number of urea groups is 1. The summed E-state index contributed by atoms with van der Waals surface area (Å²) in [6, 6.07) is 12.9. The van der Waals surface area contributed by atoms with Gasteiger partial charge in [-0.25, -0.2) is 4.79 Å². The third kappa shape index (κ3) is 6.40. The van der Waals surface area contributed by atoms with E-state index in [1.165, 1.54) is 5.56 Å². The van der Waals surface area contributed by atoms with Gasteiger partial charge in [-0.3, -0.25) is 0 Å². The first-order valence-corrected chi connectivity index (χ1v) is 12.8. The Hall–Kier alpha value is -2.03. The van der Waals surface area contributed by atoms with Crippen LogP contribution in [-0.4, -0.2) is 77.6 Å². The van der Waals surface area contributed by atoms with Gasteiger partial charge in [-0.2, -0.15) is 0 Å². The number of hydrogen-bond acceptors (Lipinski definition) is 5. The maximum atomic E-state index is 12.6. The molecule has 4 rings (SSSR count). The molecular weight excluding hydrogens is 489 g/mol. The van der Waals surface area contributed by atoms with Crippen LogP contribution in [0.5, 0.6) is 5.75 Å². The van der Waals surface area contributed by atoms with E-state index in [1.807, 2.05) is 12.1 Å². The van der Waals surface area contributed by atoms with E-state index in [0.29, 0.717) is 54.1 Å². The van der Waals surface area contributed by atoms with E-state index in [4.69, 9.17) is 27.9 Å². The second kappa shape index (κ2) is 11.4. The number of hydrogen-bond donors (Lipinski definition) is 3. The average Bonchev–Trinajstić information content (AvgIpc) is 2.87. The molecule has 2 amide bonds. The topological polar surface area (TPSA) is 85.3 Å². The summed E-state index contributed by atoms with van der Waals surface area (Å²) < 4.78 is 5.24. The first-order valence-electron chi connectivity index (χ1n) is 12.0. The van der Waals surface area contributed by atoms with E-state index < -0.39 is 11.7 Å². The van der Waals surface area contributed by atoms with Crippen LogP contribution in [0.25, 0.3) is 0 Å².